The minimum atomic E-state index is -3.95. The number of amides is 1. The van der Waals surface area contributed by atoms with Crippen LogP contribution in [0.15, 0.2) is 47.4 Å². The Morgan fingerprint density at radius 2 is 2.00 bits per heavy atom. The highest BCUT2D eigenvalue weighted by atomic mass is 35.5. The first-order chi connectivity index (χ1) is 12.8. The number of rotatable bonds is 5. The lowest BCUT2D eigenvalue weighted by Gasteiger charge is -2.19. The minimum Gasteiger partial charge on any atom is -0.338 e. The molecule has 2 aromatic carbocycles. The molecule has 1 atom stereocenters. The molecule has 1 aliphatic heterocycles. The summed E-state index contributed by atoms with van der Waals surface area (Å²) in [5.41, 5.74) is 6.38. The summed E-state index contributed by atoms with van der Waals surface area (Å²) in [5.74, 6) is -0.451. The van der Waals surface area contributed by atoms with E-state index in [1.807, 2.05) is 0 Å². The lowest BCUT2D eigenvalue weighted by atomic mass is 10.1. The average Bonchev–Trinajstić information content (AvgIpc) is 3.12. The zero-order valence-electron chi connectivity index (χ0n) is 15.4. The molecule has 0 saturated carbocycles. The standard InChI is InChI=1S/C19H22FN3O3S.ClH/c1-13-10-15(6-7-17(13)20)27(25,26)22-18-5-3-2-4-16(18)19(24)23-9-8-14(11-21)12-23;/h2-7,10,14,22H,8-9,11-12,21H2,1H3;1H. The molecule has 1 unspecified atom stereocenters. The molecular formula is C19H23ClFN3O3S. The molecule has 9 heteroatoms. The summed E-state index contributed by atoms with van der Waals surface area (Å²) in [6.07, 6.45) is 0.838. The third-order valence-electron chi connectivity index (χ3n) is 4.75. The minimum absolute atomic E-state index is 0. The quantitative estimate of drug-likeness (QED) is 0.767. The smallest absolute Gasteiger partial charge is 0.261 e. The van der Waals surface area contributed by atoms with Crippen molar-refractivity contribution in [1.82, 2.24) is 4.90 Å². The van der Waals surface area contributed by atoms with Gasteiger partial charge in [0, 0.05) is 13.1 Å². The lowest BCUT2D eigenvalue weighted by molar-refractivity contribution is 0.0788. The molecule has 0 bridgehead atoms. The van der Waals surface area contributed by atoms with Crippen molar-refractivity contribution in [2.24, 2.45) is 11.7 Å². The Bertz CT molecular complexity index is 969. The van der Waals surface area contributed by atoms with E-state index in [0.717, 1.165) is 12.5 Å². The summed E-state index contributed by atoms with van der Waals surface area (Å²) in [7, 11) is -3.95. The summed E-state index contributed by atoms with van der Waals surface area (Å²) in [4.78, 5) is 14.5. The number of nitrogens with two attached hydrogens (primary N) is 1. The van der Waals surface area contributed by atoms with Crippen molar-refractivity contribution in [2.75, 3.05) is 24.4 Å². The molecule has 1 saturated heterocycles. The number of hydrogen-bond donors (Lipinski definition) is 2. The molecule has 0 aromatic heterocycles. The van der Waals surface area contributed by atoms with Gasteiger partial charge in [-0.1, -0.05) is 12.1 Å². The summed E-state index contributed by atoms with van der Waals surface area (Å²) in [6.45, 7) is 3.17. The van der Waals surface area contributed by atoms with Crippen molar-refractivity contribution in [3.05, 3.63) is 59.4 Å². The summed E-state index contributed by atoms with van der Waals surface area (Å²) in [6, 6.07) is 10.0. The van der Waals surface area contributed by atoms with Gasteiger partial charge in [0.2, 0.25) is 0 Å². The molecule has 3 rings (SSSR count). The van der Waals surface area contributed by atoms with Crippen molar-refractivity contribution in [3.63, 3.8) is 0 Å². The lowest BCUT2D eigenvalue weighted by Crippen LogP contribution is -2.30. The van der Waals surface area contributed by atoms with Gasteiger partial charge in [0.15, 0.2) is 0 Å². The van der Waals surface area contributed by atoms with Crippen LogP contribution in [0.5, 0.6) is 0 Å². The van der Waals surface area contributed by atoms with Gasteiger partial charge in [0.05, 0.1) is 16.1 Å². The molecule has 1 aliphatic rings. The summed E-state index contributed by atoms with van der Waals surface area (Å²) < 4.78 is 41.3. The van der Waals surface area contributed by atoms with E-state index in [1.165, 1.54) is 25.1 Å². The Morgan fingerprint density at radius 3 is 2.64 bits per heavy atom. The van der Waals surface area contributed by atoms with Gasteiger partial charge in [-0.25, -0.2) is 12.8 Å². The second kappa shape index (κ2) is 8.89. The number of benzene rings is 2. The number of nitrogens with one attached hydrogen (secondary N) is 1. The molecule has 28 heavy (non-hydrogen) atoms. The predicted octanol–water partition coefficient (Wildman–Crippen LogP) is 2.78. The molecule has 152 valence electrons. The first-order valence-electron chi connectivity index (χ1n) is 8.69. The number of para-hydroxylation sites is 1. The molecule has 0 spiro atoms. The molecule has 0 aliphatic carbocycles. The first kappa shape index (κ1) is 22.1. The fraction of sp³-hybridized carbons (Fsp3) is 0.316. The van der Waals surface area contributed by atoms with Crippen LogP contribution in [-0.2, 0) is 10.0 Å². The highest BCUT2D eigenvalue weighted by molar-refractivity contribution is 7.92. The number of aryl methyl sites for hydroxylation is 1. The van der Waals surface area contributed by atoms with E-state index in [1.54, 1.807) is 23.1 Å². The van der Waals surface area contributed by atoms with Crippen molar-refractivity contribution in [3.8, 4) is 0 Å². The van der Waals surface area contributed by atoms with E-state index in [4.69, 9.17) is 5.73 Å². The molecule has 6 nitrogen and oxygen atoms in total. The molecule has 2 aromatic rings. The van der Waals surface area contributed by atoms with Crippen molar-refractivity contribution in [1.29, 1.82) is 0 Å². The predicted molar refractivity (Wildman–Crippen MR) is 109 cm³/mol. The van der Waals surface area contributed by atoms with Crippen LogP contribution in [0.25, 0.3) is 0 Å². The van der Waals surface area contributed by atoms with Gasteiger partial charge >= 0.3 is 0 Å². The number of likely N-dealkylation sites (tertiary alicyclic amines) is 1. The number of halogens is 2. The van der Waals surface area contributed by atoms with Gasteiger partial charge in [-0.3, -0.25) is 9.52 Å². The monoisotopic (exact) mass is 427 g/mol. The summed E-state index contributed by atoms with van der Waals surface area (Å²) >= 11 is 0. The van der Waals surface area contributed by atoms with E-state index in [2.05, 4.69) is 4.72 Å². The van der Waals surface area contributed by atoms with Gasteiger partial charge < -0.3 is 10.6 Å². The Kier molecular flexibility index (Phi) is 7.03. The third-order valence-corrected chi connectivity index (χ3v) is 6.11. The second-order valence-corrected chi connectivity index (χ2v) is 8.39. The van der Waals surface area contributed by atoms with E-state index in [9.17, 15) is 17.6 Å². The SMILES string of the molecule is Cc1cc(S(=O)(=O)Nc2ccccc2C(=O)N2CCC(CN)C2)ccc1F.Cl. The number of carbonyl (C=O) groups is 1. The van der Waals surface area contributed by atoms with Crippen LogP contribution in [0.3, 0.4) is 0 Å². The normalized spacial score (nSPS) is 16.5. The van der Waals surface area contributed by atoms with Gasteiger partial charge in [-0.05, 0) is 61.7 Å². The van der Waals surface area contributed by atoms with Gasteiger partial charge in [0.25, 0.3) is 15.9 Å². The molecule has 3 N–H and O–H groups in total. The van der Waals surface area contributed by atoms with Crippen molar-refractivity contribution >= 4 is 34.0 Å². The maximum absolute atomic E-state index is 13.4. The molecular weight excluding hydrogens is 405 g/mol. The van der Waals surface area contributed by atoms with Crippen LogP contribution in [0, 0.1) is 18.7 Å². The van der Waals surface area contributed by atoms with Crippen LogP contribution in [0.1, 0.15) is 22.3 Å². The van der Waals surface area contributed by atoms with Crippen LogP contribution < -0.4 is 10.5 Å². The first-order valence-corrected chi connectivity index (χ1v) is 10.2. The fourth-order valence-electron chi connectivity index (χ4n) is 3.13. The van der Waals surface area contributed by atoms with Gasteiger partial charge in [-0.15, -0.1) is 12.4 Å². The van der Waals surface area contributed by atoms with Crippen molar-refractivity contribution in [2.45, 2.75) is 18.2 Å². The van der Waals surface area contributed by atoms with E-state index < -0.39 is 15.8 Å². The summed E-state index contributed by atoms with van der Waals surface area (Å²) in [5, 5.41) is 0. The Balaban J connectivity index is 0.00000280. The zero-order chi connectivity index (χ0) is 19.6. The zero-order valence-corrected chi connectivity index (χ0v) is 17.0. The van der Waals surface area contributed by atoms with Crippen LogP contribution in [-0.4, -0.2) is 38.9 Å². The van der Waals surface area contributed by atoms with Gasteiger partial charge in [-0.2, -0.15) is 0 Å². The number of hydrogen-bond acceptors (Lipinski definition) is 4. The average molecular weight is 428 g/mol. The highest BCUT2D eigenvalue weighted by Crippen LogP contribution is 2.25. The second-order valence-electron chi connectivity index (χ2n) is 6.70. The number of sulfonamides is 1. The van der Waals surface area contributed by atoms with Gasteiger partial charge in [0.1, 0.15) is 5.82 Å². The Labute approximate surface area is 170 Å². The maximum Gasteiger partial charge on any atom is 0.261 e. The Hall–Kier alpha value is -2.16. The van der Waals surface area contributed by atoms with Crippen LogP contribution >= 0.6 is 12.4 Å². The highest BCUT2D eigenvalue weighted by Gasteiger charge is 2.28. The van der Waals surface area contributed by atoms with Crippen molar-refractivity contribution < 1.29 is 17.6 Å². The molecule has 1 fully saturated rings. The number of anilines is 1. The van der Waals surface area contributed by atoms with E-state index in [0.29, 0.717) is 19.6 Å². The van der Waals surface area contributed by atoms with E-state index >= 15 is 0 Å². The largest absolute Gasteiger partial charge is 0.338 e. The maximum atomic E-state index is 13.4. The topological polar surface area (TPSA) is 92.5 Å². The number of nitrogens with zero attached hydrogens (tertiary/aromatic N) is 1. The molecule has 1 amide bonds. The fourth-order valence-corrected chi connectivity index (χ4v) is 4.29. The Morgan fingerprint density at radius 1 is 1.29 bits per heavy atom. The van der Waals surface area contributed by atoms with Crippen LogP contribution in [0.4, 0.5) is 10.1 Å². The molecule has 1 heterocycles. The molecule has 0 radical (unpaired) electrons. The van der Waals surface area contributed by atoms with Crippen LogP contribution in [0.2, 0.25) is 0 Å². The number of carbonyl (C=O) groups excluding carboxylic acids is 1. The third kappa shape index (κ3) is 4.63. The van der Waals surface area contributed by atoms with E-state index in [-0.39, 0.29) is 45.9 Å².